The van der Waals surface area contributed by atoms with Crippen LogP contribution in [0.15, 0.2) is 27.6 Å². The van der Waals surface area contributed by atoms with Gasteiger partial charge in [0.1, 0.15) is 11.9 Å². The number of hydrogen-bond donors (Lipinski definition) is 2. The Morgan fingerprint density at radius 2 is 2.00 bits per heavy atom. The Hall–Kier alpha value is -0.990. The van der Waals surface area contributed by atoms with Crippen molar-refractivity contribution in [3.8, 4) is 0 Å². The largest absolute Gasteiger partial charge is 0.368 e. The molecule has 0 aliphatic carbocycles. The third kappa shape index (κ3) is 3.99. The number of nitrogens with two attached hydrogens (primary N) is 1. The van der Waals surface area contributed by atoms with E-state index in [-0.39, 0.29) is 15.3 Å². The Morgan fingerprint density at radius 3 is 2.42 bits per heavy atom. The molecule has 0 bridgehead atoms. The van der Waals surface area contributed by atoms with Crippen LogP contribution in [0.25, 0.3) is 0 Å². The van der Waals surface area contributed by atoms with Crippen molar-refractivity contribution in [2.75, 3.05) is 0 Å². The minimum absolute atomic E-state index is 0.154. The van der Waals surface area contributed by atoms with Crippen LogP contribution in [0.4, 0.5) is 4.39 Å². The molecule has 106 valence electrons. The van der Waals surface area contributed by atoms with Gasteiger partial charge in [0.25, 0.3) is 0 Å². The predicted octanol–water partition coefficient (Wildman–Crippen LogP) is 1.38. The number of hydrogen-bond acceptors (Lipinski definition) is 3. The van der Waals surface area contributed by atoms with Crippen molar-refractivity contribution in [3.63, 3.8) is 0 Å². The van der Waals surface area contributed by atoms with Crippen LogP contribution in [0.1, 0.15) is 13.8 Å². The molecule has 1 aromatic rings. The molecule has 5 nitrogen and oxygen atoms in total. The molecule has 0 radical (unpaired) electrons. The second-order valence-electron chi connectivity index (χ2n) is 4.32. The van der Waals surface area contributed by atoms with E-state index < -0.39 is 27.8 Å². The van der Waals surface area contributed by atoms with Crippen LogP contribution in [-0.4, -0.2) is 20.4 Å². The van der Waals surface area contributed by atoms with E-state index in [1.54, 1.807) is 13.8 Å². The smallest absolute Gasteiger partial charge is 0.241 e. The average molecular weight is 353 g/mol. The topological polar surface area (TPSA) is 89.3 Å². The third-order valence-electron chi connectivity index (χ3n) is 2.46. The summed E-state index contributed by atoms with van der Waals surface area (Å²) >= 11 is 2.93. The summed E-state index contributed by atoms with van der Waals surface area (Å²) in [6.07, 6.45) is 0. The van der Waals surface area contributed by atoms with Crippen molar-refractivity contribution in [3.05, 3.63) is 28.5 Å². The van der Waals surface area contributed by atoms with E-state index in [1.165, 1.54) is 12.1 Å². The monoisotopic (exact) mass is 352 g/mol. The molecule has 3 N–H and O–H groups in total. The Morgan fingerprint density at radius 1 is 1.42 bits per heavy atom. The molecule has 1 rings (SSSR count). The minimum Gasteiger partial charge on any atom is -0.368 e. The second kappa shape index (κ2) is 5.98. The van der Waals surface area contributed by atoms with Gasteiger partial charge in [0.2, 0.25) is 15.9 Å². The van der Waals surface area contributed by atoms with Gasteiger partial charge in [-0.3, -0.25) is 4.79 Å². The van der Waals surface area contributed by atoms with Crippen molar-refractivity contribution < 1.29 is 17.6 Å². The number of carbonyl (C=O) groups excluding carboxylic acids is 1. The summed E-state index contributed by atoms with van der Waals surface area (Å²) in [5.74, 6) is -1.80. The molecule has 0 aliphatic heterocycles. The highest BCUT2D eigenvalue weighted by atomic mass is 79.9. The fourth-order valence-electron chi connectivity index (χ4n) is 1.40. The van der Waals surface area contributed by atoms with Crippen LogP contribution in [0.2, 0.25) is 0 Å². The number of benzene rings is 1. The Bertz CT molecular complexity index is 590. The van der Waals surface area contributed by atoms with Gasteiger partial charge >= 0.3 is 0 Å². The SMILES string of the molecule is CC(C)C(NS(=O)(=O)c1ccc(Br)c(F)c1)C(N)=O. The molecule has 0 aliphatic rings. The van der Waals surface area contributed by atoms with Gasteiger partial charge in [0.05, 0.1) is 9.37 Å². The van der Waals surface area contributed by atoms with E-state index in [0.717, 1.165) is 6.07 Å². The van der Waals surface area contributed by atoms with Gasteiger partial charge in [-0.25, -0.2) is 12.8 Å². The lowest BCUT2D eigenvalue weighted by molar-refractivity contribution is -0.120. The highest BCUT2D eigenvalue weighted by molar-refractivity contribution is 9.10. The molecule has 0 aromatic heterocycles. The summed E-state index contributed by atoms with van der Waals surface area (Å²) in [5.41, 5.74) is 5.13. The van der Waals surface area contributed by atoms with Crippen molar-refractivity contribution in [2.24, 2.45) is 11.7 Å². The van der Waals surface area contributed by atoms with Crippen LogP contribution in [0.5, 0.6) is 0 Å². The van der Waals surface area contributed by atoms with E-state index in [0.29, 0.717) is 0 Å². The zero-order valence-corrected chi connectivity index (χ0v) is 12.8. The van der Waals surface area contributed by atoms with E-state index >= 15 is 0 Å². The van der Waals surface area contributed by atoms with Crippen LogP contribution in [-0.2, 0) is 14.8 Å². The minimum atomic E-state index is -4.00. The lowest BCUT2D eigenvalue weighted by Gasteiger charge is -2.19. The number of primary amides is 1. The Labute approximate surface area is 119 Å². The molecule has 1 aromatic carbocycles. The summed E-state index contributed by atoms with van der Waals surface area (Å²) in [7, 11) is -4.00. The quantitative estimate of drug-likeness (QED) is 0.838. The number of sulfonamides is 1. The van der Waals surface area contributed by atoms with Gasteiger partial charge in [0, 0.05) is 0 Å². The molecule has 1 amide bonds. The van der Waals surface area contributed by atoms with E-state index in [4.69, 9.17) is 5.73 Å². The van der Waals surface area contributed by atoms with Crippen molar-refractivity contribution in [1.82, 2.24) is 4.72 Å². The molecule has 19 heavy (non-hydrogen) atoms. The molecule has 0 fully saturated rings. The molecule has 1 atom stereocenters. The normalized spacial score (nSPS) is 13.5. The van der Waals surface area contributed by atoms with Gasteiger partial charge in [-0.15, -0.1) is 0 Å². The van der Waals surface area contributed by atoms with Gasteiger partial charge < -0.3 is 5.73 Å². The highest BCUT2D eigenvalue weighted by Gasteiger charge is 2.26. The van der Waals surface area contributed by atoms with Crippen molar-refractivity contribution in [2.45, 2.75) is 24.8 Å². The number of rotatable bonds is 5. The fraction of sp³-hybridized carbons (Fsp3) is 0.364. The van der Waals surface area contributed by atoms with Gasteiger partial charge in [-0.05, 0) is 40.0 Å². The maximum Gasteiger partial charge on any atom is 0.241 e. The highest BCUT2D eigenvalue weighted by Crippen LogP contribution is 2.20. The molecule has 0 spiro atoms. The molecule has 0 heterocycles. The van der Waals surface area contributed by atoms with Gasteiger partial charge in [0.15, 0.2) is 0 Å². The van der Waals surface area contributed by atoms with Crippen molar-refractivity contribution in [1.29, 1.82) is 0 Å². The van der Waals surface area contributed by atoms with Crippen LogP contribution in [0, 0.1) is 11.7 Å². The van der Waals surface area contributed by atoms with E-state index in [2.05, 4.69) is 20.7 Å². The first kappa shape index (κ1) is 16.1. The zero-order valence-electron chi connectivity index (χ0n) is 10.4. The Balaban J connectivity index is 3.10. The fourth-order valence-corrected chi connectivity index (χ4v) is 3.01. The maximum absolute atomic E-state index is 13.3. The summed E-state index contributed by atoms with van der Waals surface area (Å²) in [6.45, 7) is 3.31. The first-order valence-electron chi connectivity index (χ1n) is 5.42. The summed E-state index contributed by atoms with van der Waals surface area (Å²) < 4.78 is 39.7. The first-order chi connectivity index (χ1) is 8.65. The van der Waals surface area contributed by atoms with Crippen LogP contribution >= 0.6 is 15.9 Å². The summed E-state index contributed by atoms with van der Waals surface area (Å²) in [5, 5.41) is 0. The number of carbonyl (C=O) groups is 1. The van der Waals surface area contributed by atoms with Crippen molar-refractivity contribution >= 4 is 31.9 Å². The molecule has 0 saturated carbocycles. The second-order valence-corrected chi connectivity index (χ2v) is 6.89. The number of amides is 1. The number of halogens is 2. The van der Waals surface area contributed by atoms with E-state index in [9.17, 15) is 17.6 Å². The summed E-state index contributed by atoms with van der Waals surface area (Å²) in [4.78, 5) is 10.9. The number of nitrogens with one attached hydrogen (secondary N) is 1. The molecular formula is C11H14BrFN2O3S. The molecule has 0 saturated heterocycles. The van der Waals surface area contributed by atoms with E-state index in [1.807, 2.05) is 0 Å². The van der Waals surface area contributed by atoms with Crippen LogP contribution in [0.3, 0.4) is 0 Å². The van der Waals surface area contributed by atoms with Gasteiger partial charge in [-0.1, -0.05) is 13.8 Å². The molecule has 8 heteroatoms. The third-order valence-corrected chi connectivity index (χ3v) is 4.54. The average Bonchev–Trinajstić information content (AvgIpc) is 2.28. The summed E-state index contributed by atoms with van der Waals surface area (Å²) in [6, 6.07) is 2.33. The molecular weight excluding hydrogens is 339 g/mol. The maximum atomic E-state index is 13.3. The first-order valence-corrected chi connectivity index (χ1v) is 7.69. The standard InChI is InChI=1S/C11H14BrFN2O3S/c1-6(2)10(11(14)16)15-19(17,18)7-3-4-8(12)9(13)5-7/h3-6,10,15H,1-2H3,(H2,14,16). The predicted molar refractivity (Wildman–Crippen MR) is 72.2 cm³/mol. The lowest BCUT2D eigenvalue weighted by atomic mass is 10.1. The molecule has 1 unspecified atom stereocenters. The van der Waals surface area contributed by atoms with Crippen LogP contribution < -0.4 is 10.5 Å². The Kier molecular flexibility index (Phi) is 5.05. The lowest BCUT2D eigenvalue weighted by Crippen LogP contribution is -2.47. The zero-order chi connectivity index (χ0) is 14.8. The van der Waals surface area contributed by atoms with Gasteiger partial charge in [-0.2, -0.15) is 4.72 Å².